The van der Waals surface area contributed by atoms with Crippen molar-refractivity contribution in [2.24, 2.45) is 29.6 Å². The third kappa shape index (κ3) is 4.68. The van der Waals surface area contributed by atoms with Crippen molar-refractivity contribution in [1.82, 2.24) is 5.01 Å². The molecule has 9 nitrogen and oxygen atoms in total. The SMILES string of the molecule is Cc1ccc(NN2C(=O)C3CC4C(=CCC5C(=O)N(c6ccc(Cl)cc6)C(=O)C54)C(C4=COc5ccc(O)cc5C4)C3(c3ccccc3)C2=O)cc1. The Bertz CT molecular complexity index is 2230. The van der Waals surface area contributed by atoms with Crippen LogP contribution in [-0.2, 0) is 31.0 Å². The van der Waals surface area contributed by atoms with E-state index in [9.17, 15) is 19.5 Å². The van der Waals surface area contributed by atoms with Gasteiger partial charge in [0.15, 0.2) is 0 Å². The number of hydrogen-bond acceptors (Lipinski definition) is 7. The minimum atomic E-state index is -1.41. The lowest BCUT2D eigenvalue weighted by Gasteiger charge is -2.51. The first-order valence-electron chi connectivity index (χ1n) is 17.4. The minimum absolute atomic E-state index is 0.0819. The molecule has 0 bridgehead atoms. The second-order valence-electron chi connectivity index (χ2n) is 14.4. The van der Waals surface area contributed by atoms with Gasteiger partial charge in [0.1, 0.15) is 11.5 Å². The lowest BCUT2D eigenvalue weighted by atomic mass is 9.48. The maximum atomic E-state index is 15.3. The lowest BCUT2D eigenvalue weighted by Crippen LogP contribution is -2.55. The number of phenolic OH excluding ortho intramolecular Hbond substituents is 1. The smallest absolute Gasteiger partial charge is 0.260 e. The number of ether oxygens (including phenoxy) is 1. The van der Waals surface area contributed by atoms with Crippen molar-refractivity contribution in [3.63, 3.8) is 0 Å². The number of halogens is 1. The fraction of sp³-hybridized carbons (Fsp3) is 0.238. The molecule has 0 aromatic heterocycles. The molecule has 0 radical (unpaired) electrons. The van der Waals surface area contributed by atoms with Crippen LogP contribution in [0.15, 0.2) is 121 Å². The monoisotopic (exact) mass is 711 g/mol. The number of allylic oxidation sites excluding steroid dienone is 3. The van der Waals surface area contributed by atoms with Crippen LogP contribution in [0.3, 0.4) is 0 Å². The van der Waals surface area contributed by atoms with Gasteiger partial charge in [0, 0.05) is 22.9 Å². The lowest BCUT2D eigenvalue weighted by molar-refractivity contribution is -0.139. The summed E-state index contributed by atoms with van der Waals surface area (Å²) in [5.41, 5.74) is 6.79. The Hall–Kier alpha value is -5.67. The first-order chi connectivity index (χ1) is 25.2. The normalized spacial score (nSPS) is 27.6. The summed E-state index contributed by atoms with van der Waals surface area (Å²) in [5.74, 6) is -4.20. The van der Waals surface area contributed by atoms with E-state index in [1.54, 1.807) is 48.7 Å². The first kappa shape index (κ1) is 32.3. The molecule has 3 heterocycles. The summed E-state index contributed by atoms with van der Waals surface area (Å²) in [4.78, 5) is 60.0. The van der Waals surface area contributed by atoms with E-state index in [-0.39, 0.29) is 24.0 Å². The molecule has 3 fully saturated rings. The summed E-state index contributed by atoms with van der Waals surface area (Å²) in [7, 11) is 0. The van der Waals surface area contributed by atoms with Gasteiger partial charge in [-0.25, -0.2) is 0 Å². The minimum Gasteiger partial charge on any atom is -0.508 e. The number of benzene rings is 4. The van der Waals surface area contributed by atoms with Crippen molar-refractivity contribution in [3.05, 3.63) is 142 Å². The molecule has 2 aliphatic carbocycles. The number of nitrogens with one attached hydrogen (secondary N) is 1. The summed E-state index contributed by atoms with van der Waals surface area (Å²) in [6, 6.07) is 28.4. The van der Waals surface area contributed by atoms with E-state index in [0.29, 0.717) is 40.6 Å². The number of anilines is 2. The molecule has 10 heteroatoms. The Morgan fingerprint density at radius 2 is 1.62 bits per heavy atom. The summed E-state index contributed by atoms with van der Waals surface area (Å²) in [6.07, 6.45) is 4.52. The molecule has 4 aromatic rings. The highest BCUT2D eigenvalue weighted by Crippen LogP contribution is 2.63. The second-order valence-corrected chi connectivity index (χ2v) is 14.8. The standard InChI is InChI=1S/C42H34ClN3O6/c1-23-7-11-28(12-8-23)44-46-39(49)34-21-33-31(16-17-32-36(33)40(50)45(38(32)48)29-13-9-27(43)10-14-29)37(42(34,41(46)51)26-5-3-2-4-6-26)25-19-24-20-30(47)15-18-35(24)52-22-25/h2-16,18,20,22,32-34,36-37,44,47H,17,19,21H2,1H3. The average Bonchev–Trinajstić information content (AvgIpc) is 3.53. The molecule has 0 spiro atoms. The molecule has 3 aliphatic heterocycles. The zero-order chi connectivity index (χ0) is 35.9. The Morgan fingerprint density at radius 3 is 2.37 bits per heavy atom. The Kier molecular flexibility index (Phi) is 7.41. The number of phenols is 1. The molecule has 5 aliphatic rings. The predicted octanol–water partition coefficient (Wildman–Crippen LogP) is 6.89. The molecule has 4 aromatic carbocycles. The van der Waals surface area contributed by atoms with Crippen LogP contribution in [0.1, 0.15) is 29.5 Å². The van der Waals surface area contributed by atoms with Gasteiger partial charge in [-0.2, -0.15) is 5.01 Å². The third-order valence-electron chi connectivity index (χ3n) is 11.6. The van der Waals surface area contributed by atoms with Gasteiger partial charge in [0.25, 0.3) is 11.8 Å². The van der Waals surface area contributed by atoms with E-state index in [1.165, 1.54) is 4.90 Å². The second kappa shape index (κ2) is 12.0. The Balaban J connectivity index is 1.22. The van der Waals surface area contributed by atoms with Crippen molar-refractivity contribution < 1.29 is 29.0 Å². The van der Waals surface area contributed by atoms with E-state index in [2.05, 4.69) is 5.43 Å². The highest BCUT2D eigenvalue weighted by molar-refractivity contribution is 6.31. The van der Waals surface area contributed by atoms with Crippen LogP contribution < -0.4 is 15.1 Å². The number of nitrogens with zero attached hydrogens (tertiary/aromatic N) is 2. The number of rotatable bonds is 5. The van der Waals surface area contributed by atoms with Gasteiger partial charge in [-0.1, -0.05) is 71.3 Å². The van der Waals surface area contributed by atoms with Gasteiger partial charge in [-0.3, -0.25) is 29.5 Å². The van der Waals surface area contributed by atoms with Crippen LogP contribution in [0.25, 0.3) is 0 Å². The van der Waals surface area contributed by atoms with Gasteiger partial charge in [-0.05, 0) is 91.4 Å². The molecule has 260 valence electrons. The maximum absolute atomic E-state index is 15.3. The Morgan fingerprint density at radius 1 is 0.865 bits per heavy atom. The van der Waals surface area contributed by atoms with Crippen molar-refractivity contribution in [2.75, 3.05) is 10.3 Å². The van der Waals surface area contributed by atoms with Crippen LogP contribution in [-0.4, -0.2) is 33.7 Å². The van der Waals surface area contributed by atoms with Crippen molar-refractivity contribution in [3.8, 4) is 11.5 Å². The number of amides is 4. The molecule has 52 heavy (non-hydrogen) atoms. The largest absolute Gasteiger partial charge is 0.508 e. The number of carbonyl (C=O) groups is 4. The number of carbonyl (C=O) groups excluding carboxylic acids is 4. The van der Waals surface area contributed by atoms with E-state index in [4.69, 9.17) is 16.3 Å². The van der Waals surface area contributed by atoms with E-state index in [0.717, 1.165) is 27.3 Å². The summed E-state index contributed by atoms with van der Waals surface area (Å²) in [5, 5.41) is 12.1. The van der Waals surface area contributed by atoms with Crippen LogP contribution in [0.4, 0.5) is 11.4 Å². The van der Waals surface area contributed by atoms with Crippen molar-refractivity contribution in [2.45, 2.75) is 31.6 Å². The van der Waals surface area contributed by atoms with E-state index < -0.39 is 46.8 Å². The van der Waals surface area contributed by atoms with Gasteiger partial charge >= 0.3 is 0 Å². The van der Waals surface area contributed by atoms with Crippen molar-refractivity contribution >= 4 is 46.6 Å². The maximum Gasteiger partial charge on any atom is 0.260 e. The van der Waals surface area contributed by atoms with Crippen LogP contribution >= 0.6 is 11.6 Å². The molecule has 6 atom stereocenters. The number of aromatic hydroxyl groups is 1. The number of imide groups is 2. The summed E-state index contributed by atoms with van der Waals surface area (Å²) in [6.45, 7) is 1.96. The topological polar surface area (TPSA) is 116 Å². The molecular weight excluding hydrogens is 678 g/mol. The number of hydrazine groups is 1. The molecule has 1 saturated carbocycles. The molecule has 4 amide bonds. The zero-order valence-electron chi connectivity index (χ0n) is 28.2. The predicted molar refractivity (Wildman–Crippen MR) is 194 cm³/mol. The summed E-state index contributed by atoms with van der Waals surface area (Å²) < 4.78 is 6.19. The van der Waals surface area contributed by atoms with Gasteiger partial charge < -0.3 is 9.84 Å². The molecule has 2 saturated heterocycles. The van der Waals surface area contributed by atoms with E-state index >= 15 is 4.79 Å². The summed E-state index contributed by atoms with van der Waals surface area (Å²) >= 11 is 6.15. The first-order valence-corrected chi connectivity index (χ1v) is 17.8. The molecule has 2 N–H and O–H groups in total. The van der Waals surface area contributed by atoms with Crippen LogP contribution in [0.2, 0.25) is 5.02 Å². The van der Waals surface area contributed by atoms with Crippen LogP contribution in [0.5, 0.6) is 11.5 Å². The van der Waals surface area contributed by atoms with Gasteiger partial charge in [0.05, 0.1) is 40.8 Å². The molecule has 9 rings (SSSR count). The third-order valence-corrected chi connectivity index (χ3v) is 11.9. The quantitative estimate of drug-likeness (QED) is 0.171. The molecular formula is C42H34ClN3O6. The Labute approximate surface area is 305 Å². The highest BCUT2D eigenvalue weighted by Gasteiger charge is 2.70. The number of aryl methyl sites for hydroxylation is 1. The fourth-order valence-electron chi connectivity index (χ4n) is 9.41. The highest BCUT2D eigenvalue weighted by atomic mass is 35.5. The van der Waals surface area contributed by atoms with Crippen molar-refractivity contribution in [1.29, 1.82) is 0 Å². The number of fused-ring (bicyclic) bond motifs is 5. The average molecular weight is 712 g/mol. The number of hydrogen-bond donors (Lipinski definition) is 2. The fourth-order valence-corrected chi connectivity index (χ4v) is 9.53. The zero-order valence-corrected chi connectivity index (χ0v) is 28.9. The van der Waals surface area contributed by atoms with Gasteiger partial charge in [0.2, 0.25) is 11.8 Å². The molecule has 6 unspecified atom stereocenters. The van der Waals surface area contributed by atoms with E-state index in [1.807, 2.05) is 67.6 Å². The van der Waals surface area contributed by atoms with Gasteiger partial charge in [-0.15, -0.1) is 0 Å². The van der Waals surface area contributed by atoms with Crippen LogP contribution in [0, 0.1) is 36.5 Å².